The van der Waals surface area contributed by atoms with Gasteiger partial charge in [0.15, 0.2) is 5.11 Å². The molecule has 2 aromatic rings. The fourth-order valence-corrected chi connectivity index (χ4v) is 2.75. The molecule has 0 aromatic heterocycles. The van der Waals surface area contributed by atoms with E-state index in [0.29, 0.717) is 5.11 Å². The number of aryl methyl sites for hydroxylation is 2. The van der Waals surface area contributed by atoms with Crippen LogP contribution in [0.3, 0.4) is 0 Å². The first-order chi connectivity index (χ1) is 11.0. The summed E-state index contributed by atoms with van der Waals surface area (Å²) in [6.07, 6.45) is 1.03. The van der Waals surface area contributed by atoms with Gasteiger partial charge in [0.25, 0.3) is 0 Å². The van der Waals surface area contributed by atoms with E-state index < -0.39 is 0 Å². The van der Waals surface area contributed by atoms with E-state index in [4.69, 9.17) is 17.0 Å². The van der Waals surface area contributed by atoms with Crippen molar-refractivity contribution in [1.82, 2.24) is 5.32 Å². The number of nitrogens with one attached hydrogen (secondary N) is 2. The van der Waals surface area contributed by atoms with Gasteiger partial charge in [-0.3, -0.25) is 0 Å². The number of rotatable bonds is 5. The molecule has 0 aliphatic rings. The molecular formula is C19H24N2OS. The normalized spacial score (nSPS) is 11.7. The number of hydrogen-bond donors (Lipinski definition) is 2. The lowest BCUT2D eigenvalue weighted by Gasteiger charge is -2.20. The molecule has 23 heavy (non-hydrogen) atoms. The molecule has 0 saturated carbocycles. The number of anilines is 1. The van der Waals surface area contributed by atoms with Crippen molar-refractivity contribution in [3.8, 4) is 5.75 Å². The van der Waals surface area contributed by atoms with Crippen molar-refractivity contribution in [2.24, 2.45) is 0 Å². The summed E-state index contributed by atoms with van der Waals surface area (Å²) in [6.45, 7) is 6.29. The molecule has 0 spiro atoms. The lowest BCUT2D eigenvalue weighted by Crippen LogP contribution is -2.31. The van der Waals surface area contributed by atoms with E-state index in [2.05, 4.69) is 49.6 Å². The largest absolute Gasteiger partial charge is 0.496 e. The maximum Gasteiger partial charge on any atom is 0.171 e. The van der Waals surface area contributed by atoms with Gasteiger partial charge in [-0.2, -0.15) is 0 Å². The number of methoxy groups -OCH3 is 1. The van der Waals surface area contributed by atoms with E-state index in [9.17, 15) is 0 Å². The molecule has 4 heteroatoms. The van der Waals surface area contributed by atoms with Gasteiger partial charge in [0, 0.05) is 11.3 Å². The first kappa shape index (κ1) is 17.3. The molecule has 2 aromatic carbocycles. The monoisotopic (exact) mass is 328 g/mol. The van der Waals surface area contributed by atoms with Gasteiger partial charge in [0.05, 0.1) is 13.2 Å². The SMILES string of the molecule is CCc1ccc(NC(=S)N[C@@H](C)c2cc(C)ccc2OC)cc1. The molecule has 0 bridgehead atoms. The van der Waals surface area contributed by atoms with Crippen LogP contribution in [0.25, 0.3) is 0 Å². The summed E-state index contributed by atoms with van der Waals surface area (Å²) in [5, 5.41) is 7.14. The van der Waals surface area contributed by atoms with Crippen LogP contribution in [0.2, 0.25) is 0 Å². The van der Waals surface area contributed by atoms with Crippen LogP contribution in [0, 0.1) is 6.92 Å². The summed E-state index contributed by atoms with van der Waals surface area (Å²) in [4.78, 5) is 0. The van der Waals surface area contributed by atoms with Crippen molar-refractivity contribution in [3.63, 3.8) is 0 Å². The Hall–Kier alpha value is -2.07. The van der Waals surface area contributed by atoms with Crippen molar-refractivity contribution in [2.45, 2.75) is 33.2 Å². The summed E-state index contributed by atoms with van der Waals surface area (Å²) < 4.78 is 5.44. The van der Waals surface area contributed by atoms with Crippen molar-refractivity contribution >= 4 is 23.0 Å². The molecule has 0 unspecified atom stereocenters. The number of ether oxygens (including phenoxy) is 1. The zero-order valence-electron chi connectivity index (χ0n) is 14.1. The van der Waals surface area contributed by atoms with E-state index in [1.165, 1.54) is 11.1 Å². The van der Waals surface area contributed by atoms with Crippen LogP contribution < -0.4 is 15.4 Å². The average molecular weight is 328 g/mol. The fourth-order valence-electron chi connectivity index (χ4n) is 2.46. The van der Waals surface area contributed by atoms with Crippen LogP contribution in [0.15, 0.2) is 42.5 Å². The highest BCUT2D eigenvalue weighted by Crippen LogP contribution is 2.26. The highest BCUT2D eigenvalue weighted by atomic mass is 32.1. The second kappa shape index (κ2) is 7.97. The van der Waals surface area contributed by atoms with Crippen LogP contribution in [0.5, 0.6) is 5.75 Å². The molecular weight excluding hydrogens is 304 g/mol. The Morgan fingerprint density at radius 2 is 1.87 bits per heavy atom. The van der Waals surface area contributed by atoms with E-state index in [1.54, 1.807) is 7.11 Å². The van der Waals surface area contributed by atoms with Gasteiger partial charge in [0.1, 0.15) is 5.75 Å². The first-order valence-corrected chi connectivity index (χ1v) is 8.25. The molecule has 0 heterocycles. The van der Waals surface area contributed by atoms with E-state index >= 15 is 0 Å². The zero-order valence-corrected chi connectivity index (χ0v) is 15.0. The smallest absolute Gasteiger partial charge is 0.171 e. The van der Waals surface area contributed by atoms with Gasteiger partial charge in [-0.15, -0.1) is 0 Å². The number of thiocarbonyl (C=S) groups is 1. The van der Waals surface area contributed by atoms with Crippen molar-refractivity contribution in [3.05, 3.63) is 59.2 Å². The summed E-state index contributed by atoms with van der Waals surface area (Å²) >= 11 is 5.42. The number of hydrogen-bond acceptors (Lipinski definition) is 2. The van der Waals surface area contributed by atoms with Crippen molar-refractivity contribution in [1.29, 1.82) is 0 Å². The summed E-state index contributed by atoms with van der Waals surface area (Å²) in [5.74, 6) is 0.866. The Bertz CT molecular complexity index is 668. The summed E-state index contributed by atoms with van der Waals surface area (Å²) in [7, 11) is 1.69. The van der Waals surface area contributed by atoms with Crippen molar-refractivity contribution < 1.29 is 4.74 Å². The second-order valence-electron chi connectivity index (χ2n) is 5.62. The summed E-state index contributed by atoms with van der Waals surface area (Å²) in [6, 6.07) is 14.5. The standard InChI is InChI=1S/C19H24N2OS/c1-5-15-7-9-16(10-8-15)21-19(23)20-14(3)17-12-13(2)6-11-18(17)22-4/h6-12,14H,5H2,1-4H3,(H2,20,21,23)/t14-/m0/s1. The van der Waals surface area contributed by atoms with Crippen LogP contribution in [-0.2, 0) is 6.42 Å². The molecule has 0 aliphatic heterocycles. The van der Waals surface area contributed by atoms with Gasteiger partial charge in [-0.1, -0.05) is 36.8 Å². The van der Waals surface area contributed by atoms with Crippen LogP contribution in [0.1, 0.15) is 36.6 Å². The van der Waals surface area contributed by atoms with E-state index in [-0.39, 0.29) is 6.04 Å². The minimum atomic E-state index is 0.0553. The third kappa shape index (κ3) is 4.70. The minimum Gasteiger partial charge on any atom is -0.496 e. The predicted octanol–water partition coefficient (Wildman–Crippen LogP) is 4.61. The third-order valence-electron chi connectivity index (χ3n) is 3.82. The lowest BCUT2D eigenvalue weighted by molar-refractivity contribution is 0.405. The Morgan fingerprint density at radius 1 is 1.17 bits per heavy atom. The van der Waals surface area contributed by atoms with Crippen LogP contribution in [-0.4, -0.2) is 12.2 Å². The molecule has 2 N–H and O–H groups in total. The molecule has 0 amide bonds. The maximum atomic E-state index is 5.44. The van der Waals surface area contributed by atoms with Gasteiger partial charge < -0.3 is 15.4 Å². The van der Waals surface area contributed by atoms with Crippen LogP contribution in [0.4, 0.5) is 5.69 Å². The third-order valence-corrected chi connectivity index (χ3v) is 4.04. The molecule has 3 nitrogen and oxygen atoms in total. The highest BCUT2D eigenvalue weighted by molar-refractivity contribution is 7.80. The fraction of sp³-hybridized carbons (Fsp3) is 0.316. The Labute approximate surface area is 144 Å². The van der Waals surface area contributed by atoms with Gasteiger partial charge in [-0.25, -0.2) is 0 Å². The first-order valence-electron chi connectivity index (χ1n) is 7.84. The Kier molecular flexibility index (Phi) is 5.99. The minimum absolute atomic E-state index is 0.0553. The van der Waals surface area contributed by atoms with Gasteiger partial charge >= 0.3 is 0 Å². The quantitative estimate of drug-likeness (QED) is 0.785. The zero-order chi connectivity index (χ0) is 16.8. The summed E-state index contributed by atoms with van der Waals surface area (Å²) in [5.41, 5.74) is 4.59. The molecule has 0 radical (unpaired) electrons. The van der Waals surface area contributed by atoms with Crippen LogP contribution >= 0.6 is 12.2 Å². The Morgan fingerprint density at radius 3 is 2.48 bits per heavy atom. The van der Waals surface area contributed by atoms with E-state index in [1.807, 2.05) is 24.3 Å². The van der Waals surface area contributed by atoms with Crippen molar-refractivity contribution in [2.75, 3.05) is 12.4 Å². The van der Waals surface area contributed by atoms with Gasteiger partial charge in [-0.05, 0) is 56.2 Å². The maximum absolute atomic E-state index is 5.44. The second-order valence-corrected chi connectivity index (χ2v) is 6.02. The lowest BCUT2D eigenvalue weighted by atomic mass is 10.0. The van der Waals surface area contributed by atoms with E-state index in [0.717, 1.165) is 23.4 Å². The highest BCUT2D eigenvalue weighted by Gasteiger charge is 2.12. The molecule has 0 aliphatic carbocycles. The molecule has 1 atom stereocenters. The topological polar surface area (TPSA) is 33.3 Å². The molecule has 0 saturated heterocycles. The average Bonchev–Trinajstić information content (AvgIpc) is 2.55. The Balaban J connectivity index is 2.03. The molecule has 122 valence electrons. The number of benzene rings is 2. The predicted molar refractivity (Wildman–Crippen MR) is 101 cm³/mol. The molecule has 2 rings (SSSR count). The molecule has 0 fully saturated rings. The van der Waals surface area contributed by atoms with Gasteiger partial charge in [0.2, 0.25) is 0 Å².